The zero-order valence-electron chi connectivity index (χ0n) is 11.6. The highest BCUT2D eigenvalue weighted by atomic mass is 35.5. The van der Waals surface area contributed by atoms with E-state index in [-0.39, 0.29) is 29.9 Å². The molecule has 1 atom stereocenters. The minimum Gasteiger partial charge on any atom is -0.350 e. The first kappa shape index (κ1) is 18.3. The van der Waals surface area contributed by atoms with E-state index in [9.17, 15) is 14.0 Å². The van der Waals surface area contributed by atoms with E-state index in [1.165, 1.54) is 19.1 Å². The van der Waals surface area contributed by atoms with E-state index >= 15 is 0 Å². The predicted molar refractivity (Wildman–Crippen MR) is 78.8 cm³/mol. The molecule has 0 aromatic heterocycles. The van der Waals surface area contributed by atoms with Crippen molar-refractivity contribution in [3.8, 4) is 0 Å². The zero-order chi connectivity index (χ0) is 14.4. The number of benzene rings is 1. The van der Waals surface area contributed by atoms with Crippen LogP contribution < -0.4 is 16.0 Å². The first-order valence-electron chi connectivity index (χ1n) is 5.96. The third-order valence-electron chi connectivity index (χ3n) is 2.59. The number of anilines is 1. The van der Waals surface area contributed by atoms with Gasteiger partial charge in [0.25, 0.3) is 5.91 Å². The second-order valence-corrected chi connectivity index (χ2v) is 4.28. The van der Waals surface area contributed by atoms with Gasteiger partial charge < -0.3 is 16.0 Å². The molecule has 1 rings (SSSR count). The van der Waals surface area contributed by atoms with Gasteiger partial charge in [-0.05, 0) is 32.2 Å². The number of halogens is 2. The summed E-state index contributed by atoms with van der Waals surface area (Å²) in [7, 11) is 1.77. The van der Waals surface area contributed by atoms with Gasteiger partial charge in [-0.2, -0.15) is 0 Å². The van der Waals surface area contributed by atoms with Crippen LogP contribution in [0.15, 0.2) is 18.2 Å². The van der Waals surface area contributed by atoms with Crippen LogP contribution in [0.25, 0.3) is 0 Å². The van der Waals surface area contributed by atoms with Gasteiger partial charge in [-0.3, -0.25) is 9.59 Å². The van der Waals surface area contributed by atoms with Gasteiger partial charge in [-0.25, -0.2) is 4.39 Å². The van der Waals surface area contributed by atoms with Gasteiger partial charge in [0.1, 0.15) is 5.82 Å². The summed E-state index contributed by atoms with van der Waals surface area (Å²) in [6.07, 6.45) is 0. The van der Waals surface area contributed by atoms with E-state index in [0.29, 0.717) is 12.2 Å². The smallest absolute Gasteiger partial charge is 0.254 e. The molecular weight excluding hydrogens is 285 g/mol. The summed E-state index contributed by atoms with van der Waals surface area (Å²) in [5.41, 5.74) is 0.301. The third-order valence-corrected chi connectivity index (χ3v) is 2.59. The second-order valence-electron chi connectivity index (χ2n) is 4.28. The van der Waals surface area contributed by atoms with Crippen LogP contribution in [-0.4, -0.2) is 31.4 Å². The zero-order valence-corrected chi connectivity index (χ0v) is 12.4. The third kappa shape index (κ3) is 5.54. The number of rotatable bonds is 5. The lowest BCUT2D eigenvalue weighted by atomic mass is 10.1. The highest BCUT2D eigenvalue weighted by Crippen LogP contribution is 2.14. The second kappa shape index (κ2) is 8.50. The summed E-state index contributed by atoms with van der Waals surface area (Å²) in [5, 5.41) is 8.08. The Kier molecular flexibility index (Phi) is 7.79. The highest BCUT2D eigenvalue weighted by molar-refractivity contribution is 5.97. The van der Waals surface area contributed by atoms with Crippen LogP contribution in [0.2, 0.25) is 0 Å². The Hall–Kier alpha value is -1.66. The Labute approximate surface area is 123 Å². The van der Waals surface area contributed by atoms with Crippen LogP contribution >= 0.6 is 12.4 Å². The molecule has 0 radical (unpaired) electrons. The van der Waals surface area contributed by atoms with Crippen LogP contribution in [-0.2, 0) is 4.79 Å². The number of nitrogens with one attached hydrogen (secondary N) is 3. The van der Waals surface area contributed by atoms with Crippen molar-refractivity contribution in [2.45, 2.75) is 19.9 Å². The Bertz CT molecular complexity index is 483. The molecule has 5 nitrogen and oxygen atoms in total. The fourth-order valence-electron chi connectivity index (χ4n) is 1.42. The van der Waals surface area contributed by atoms with Crippen molar-refractivity contribution in [2.24, 2.45) is 0 Å². The summed E-state index contributed by atoms with van der Waals surface area (Å²) in [4.78, 5) is 22.8. The standard InChI is InChI=1S/C13H18FN3O2.ClH/c1-8(15-3)7-16-13(19)11-6-10(17-9(2)18)4-5-12(11)14;/h4-6,8,15H,7H2,1-3H3,(H,16,19)(H,17,18);1H. The first-order valence-corrected chi connectivity index (χ1v) is 5.96. The molecule has 112 valence electrons. The lowest BCUT2D eigenvalue weighted by Gasteiger charge is -2.12. The molecule has 1 aromatic carbocycles. The molecule has 1 unspecified atom stereocenters. The topological polar surface area (TPSA) is 70.2 Å². The molecule has 2 amide bonds. The molecule has 0 aliphatic heterocycles. The van der Waals surface area contributed by atoms with Gasteiger partial charge in [0.15, 0.2) is 0 Å². The maximum atomic E-state index is 13.6. The lowest BCUT2D eigenvalue weighted by molar-refractivity contribution is -0.114. The number of carbonyl (C=O) groups is 2. The van der Waals surface area contributed by atoms with Crippen molar-refractivity contribution in [1.82, 2.24) is 10.6 Å². The first-order chi connectivity index (χ1) is 8.93. The summed E-state index contributed by atoms with van der Waals surface area (Å²) >= 11 is 0. The molecule has 0 saturated heterocycles. The van der Waals surface area contributed by atoms with Crippen molar-refractivity contribution in [3.05, 3.63) is 29.6 Å². The molecule has 1 aromatic rings. The average Bonchev–Trinajstić information content (AvgIpc) is 2.37. The minimum absolute atomic E-state index is 0. The molecule has 0 aliphatic carbocycles. The molecule has 0 aliphatic rings. The fraction of sp³-hybridized carbons (Fsp3) is 0.385. The lowest BCUT2D eigenvalue weighted by Crippen LogP contribution is -2.37. The Morgan fingerprint density at radius 3 is 2.55 bits per heavy atom. The minimum atomic E-state index is -0.622. The molecule has 0 fully saturated rings. The van der Waals surface area contributed by atoms with Gasteiger partial charge in [-0.15, -0.1) is 12.4 Å². The van der Waals surface area contributed by atoms with Gasteiger partial charge in [0, 0.05) is 25.2 Å². The van der Waals surface area contributed by atoms with Gasteiger partial charge in [0.05, 0.1) is 5.56 Å². The molecule has 0 saturated carbocycles. The van der Waals surface area contributed by atoms with Crippen LogP contribution in [0.5, 0.6) is 0 Å². The van der Waals surface area contributed by atoms with Crippen LogP contribution in [0.3, 0.4) is 0 Å². The number of hydrogen-bond acceptors (Lipinski definition) is 3. The summed E-state index contributed by atoms with van der Waals surface area (Å²) in [6, 6.07) is 3.96. The van der Waals surface area contributed by atoms with E-state index in [0.717, 1.165) is 6.07 Å². The van der Waals surface area contributed by atoms with E-state index in [2.05, 4.69) is 16.0 Å². The van der Waals surface area contributed by atoms with Crippen molar-refractivity contribution in [2.75, 3.05) is 18.9 Å². The Morgan fingerprint density at radius 2 is 2.00 bits per heavy atom. The molecule has 0 spiro atoms. The number of hydrogen-bond donors (Lipinski definition) is 3. The molecule has 7 heteroatoms. The van der Waals surface area contributed by atoms with Crippen LogP contribution in [0, 0.1) is 5.82 Å². The van der Waals surface area contributed by atoms with E-state index in [1.54, 1.807) is 7.05 Å². The maximum Gasteiger partial charge on any atom is 0.254 e. The van der Waals surface area contributed by atoms with E-state index < -0.39 is 11.7 Å². The summed E-state index contributed by atoms with van der Waals surface area (Å²) in [6.45, 7) is 3.63. The van der Waals surface area contributed by atoms with Crippen molar-refractivity contribution >= 4 is 29.9 Å². The van der Waals surface area contributed by atoms with Gasteiger partial charge in [0.2, 0.25) is 5.91 Å². The summed E-state index contributed by atoms with van der Waals surface area (Å²) in [5.74, 6) is -1.41. The fourth-order valence-corrected chi connectivity index (χ4v) is 1.42. The molecule has 0 heterocycles. The quantitative estimate of drug-likeness (QED) is 0.773. The van der Waals surface area contributed by atoms with Crippen molar-refractivity contribution in [3.63, 3.8) is 0 Å². The van der Waals surface area contributed by atoms with Gasteiger partial charge in [-0.1, -0.05) is 0 Å². The molecule has 20 heavy (non-hydrogen) atoms. The normalized spacial score (nSPS) is 11.2. The molecule has 3 N–H and O–H groups in total. The van der Waals surface area contributed by atoms with E-state index in [4.69, 9.17) is 0 Å². The largest absolute Gasteiger partial charge is 0.350 e. The van der Waals surface area contributed by atoms with Crippen molar-refractivity contribution < 1.29 is 14.0 Å². The van der Waals surface area contributed by atoms with E-state index in [1.807, 2.05) is 6.92 Å². The molecule has 0 bridgehead atoms. The highest BCUT2D eigenvalue weighted by Gasteiger charge is 2.13. The number of likely N-dealkylation sites (N-methyl/N-ethyl adjacent to an activating group) is 1. The monoisotopic (exact) mass is 303 g/mol. The Morgan fingerprint density at radius 1 is 1.35 bits per heavy atom. The van der Waals surface area contributed by atoms with Gasteiger partial charge >= 0.3 is 0 Å². The van der Waals surface area contributed by atoms with Crippen LogP contribution in [0.1, 0.15) is 24.2 Å². The number of amides is 2. The summed E-state index contributed by atoms with van der Waals surface area (Å²) < 4.78 is 13.6. The average molecular weight is 304 g/mol. The van der Waals surface area contributed by atoms with Crippen LogP contribution in [0.4, 0.5) is 10.1 Å². The SMILES string of the molecule is CNC(C)CNC(=O)c1cc(NC(C)=O)ccc1F.Cl. The maximum absolute atomic E-state index is 13.6. The number of carbonyl (C=O) groups excluding carboxylic acids is 2. The predicted octanol–water partition coefficient (Wildman–Crippen LogP) is 1.54. The molecular formula is C13H19ClFN3O2. The Balaban J connectivity index is 0.00000361. The van der Waals surface area contributed by atoms with Crippen molar-refractivity contribution in [1.29, 1.82) is 0 Å².